The fourth-order valence-corrected chi connectivity index (χ4v) is 4.50. The Morgan fingerprint density at radius 1 is 1.05 bits per heavy atom. The van der Waals surface area contributed by atoms with Crippen LogP contribution in [0.1, 0.15) is 30.3 Å². The normalized spacial score (nSPS) is 15.6. The number of likely N-dealkylation sites (N-methyl/N-ethyl adjacent to an activating group) is 1. The fraction of sp³-hybridized carbons (Fsp3) is 0.250. The largest absolute Gasteiger partial charge is 0.423 e. The second kappa shape index (κ2) is 9.68. The number of fused-ring (bicyclic) bond motifs is 1. The van der Waals surface area contributed by atoms with Crippen LogP contribution in [0, 0.1) is 5.82 Å². The lowest BCUT2D eigenvalue weighted by molar-refractivity contribution is -0.269. The minimum Gasteiger partial charge on any atom is -0.376 e. The number of aromatic nitrogens is 4. The lowest BCUT2D eigenvalue weighted by Gasteiger charge is -2.26. The first-order valence-corrected chi connectivity index (χ1v) is 12.1. The van der Waals surface area contributed by atoms with E-state index in [9.17, 15) is 22.7 Å². The molecule has 1 N–H and O–H groups in total. The summed E-state index contributed by atoms with van der Waals surface area (Å²) in [5, 5.41) is 18.5. The van der Waals surface area contributed by atoms with Gasteiger partial charge in [0.25, 0.3) is 0 Å². The number of alkyl halides is 3. The van der Waals surface area contributed by atoms with Crippen LogP contribution >= 0.6 is 0 Å². The second-order valence-electron chi connectivity index (χ2n) is 9.35. The number of pyridine rings is 1. The van der Waals surface area contributed by atoms with E-state index in [4.69, 9.17) is 4.98 Å². The molecule has 1 atom stereocenters. The molecule has 2 aromatic heterocycles. The fourth-order valence-electron chi connectivity index (χ4n) is 4.50. The van der Waals surface area contributed by atoms with E-state index in [1.165, 1.54) is 23.7 Å². The quantitative estimate of drug-likeness (QED) is 0.329. The maximum absolute atomic E-state index is 13.6. The molecule has 0 saturated heterocycles. The second-order valence-corrected chi connectivity index (χ2v) is 9.35. The molecule has 2 aromatic carbocycles. The summed E-state index contributed by atoms with van der Waals surface area (Å²) in [5.74, 6) is -0.332. The van der Waals surface area contributed by atoms with Gasteiger partial charge >= 0.3 is 6.18 Å². The summed E-state index contributed by atoms with van der Waals surface area (Å²) in [7, 11) is 1.97. The predicted molar refractivity (Wildman–Crippen MR) is 136 cm³/mol. The lowest BCUT2D eigenvalue weighted by Crippen LogP contribution is -2.42. The van der Waals surface area contributed by atoms with E-state index in [2.05, 4.69) is 10.3 Å². The van der Waals surface area contributed by atoms with Crippen molar-refractivity contribution in [2.75, 3.05) is 13.6 Å². The van der Waals surface area contributed by atoms with Crippen LogP contribution in [-0.2, 0) is 12.1 Å². The molecule has 0 saturated carbocycles. The van der Waals surface area contributed by atoms with E-state index in [1.54, 1.807) is 12.1 Å². The molecule has 4 aromatic rings. The van der Waals surface area contributed by atoms with E-state index in [0.29, 0.717) is 5.52 Å². The number of rotatable bonds is 6. The van der Waals surface area contributed by atoms with Gasteiger partial charge in [-0.15, -0.1) is 5.10 Å². The Hall–Kier alpha value is -4.05. The summed E-state index contributed by atoms with van der Waals surface area (Å²) >= 11 is 0. The Balaban J connectivity index is 1.56. The Morgan fingerprint density at radius 3 is 2.50 bits per heavy atom. The molecule has 0 fully saturated rings. The predicted octanol–water partition coefficient (Wildman–Crippen LogP) is 5.68. The molecule has 38 heavy (non-hydrogen) atoms. The van der Waals surface area contributed by atoms with Crippen LogP contribution in [0.15, 0.2) is 73.1 Å². The first-order valence-electron chi connectivity index (χ1n) is 12.1. The highest BCUT2D eigenvalue weighted by molar-refractivity contribution is 5.97. The highest BCUT2D eigenvalue weighted by Crippen LogP contribution is 2.40. The van der Waals surface area contributed by atoms with Gasteiger partial charge in [0.1, 0.15) is 11.5 Å². The number of allylic oxidation sites excluding steroid dienone is 2. The molecule has 3 heterocycles. The average molecular weight is 524 g/mol. The highest BCUT2D eigenvalue weighted by atomic mass is 19.4. The summed E-state index contributed by atoms with van der Waals surface area (Å²) in [5.41, 5.74) is 1.15. The Bertz CT molecular complexity index is 1540. The SMILES string of the molecule is CCC(O)(c1cn(Cc2ccc3c(-c4ccc(F)cc4)cc(C4=CN(C)CC=C4)nc3c2)nn1)C(F)(F)F. The van der Waals surface area contributed by atoms with E-state index in [-0.39, 0.29) is 12.4 Å². The van der Waals surface area contributed by atoms with Gasteiger partial charge in [-0.1, -0.05) is 48.6 Å². The Kier molecular flexibility index (Phi) is 6.52. The Labute approximate surface area is 216 Å². The van der Waals surface area contributed by atoms with E-state index < -0.39 is 23.9 Å². The number of hydrogen-bond donors (Lipinski definition) is 1. The molecule has 0 bridgehead atoms. The average Bonchev–Trinajstić information content (AvgIpc) is 3.36. The van der Waals surface area contributed by atoms with Crippen LogP contribution in [0.3, 0.4) is 0 Å². The van der Waals surface area contributed by atoms with Crippen LogP contribution in [0.4, 0.5) is 17.6 Å². The molecule has 0 amide bonds. The standard InChI is InChI=1S/C28H25F4N5O/c1-3-27(38,28(30,31)32)26-17-37(35-34-26)15-18-6-11-22-23(19-7-9-21(29)10-8-19)14-24(33-25(22)13-18)20-5-4-12-36(2)16-20/h4-11,13-14,16-17,38H,3,12,15H2,1-2H3. The topological polar surface area (TPSA) is 67.1 Å². The third kappa shape index (κ3) is 4.79. The van der Waals surface area contributed by atoms with Gasteiger partial charge in [-0.25, -0.2) is 14.1 Å². The van der Waals surface area contributed by atoms with Crippen LogP contribution in [0.25, 0.3) is 27.6 Å². The van der Waals surface area contributed by atoms with Gasteiger partial charge in [0.2, 0.25) is 5.60 Å². The van der Waals surface area contributed by atoms with Gasteiger partial charge in [0.05, 0.1) is 24.0 Å². The van der Waals surface area contributed by atoms with Crippen molar-refractivity contribution in [3.63, 3.8) is 0 Å². The molecular weight excluding hydrogens is 498 g/mol. The zero-order valence-corrected chi connectivity index (χ0v) is 20.7. The number of nitrogens with zero attached hydrogens (tertiary/aromatic N) is 5. The summed E-state index contributed by atoms with van der Waals surface area (Å²) in [6.07, 6.45) is 1.69. The summed E-state index contributed by atoms with van der Waals surface area (Å²) in [4.78, 5) is 6.91. The van der Waals surface area contributed by atoms with E-state index in [0.717, 1.165) is 46.1 Å². The van der Waals surface area contributed by atoms with Gasteiger partial charge < -0.3 is 10.0 Å². The molecule has 6 nitrogen and oxygen atoms in total. The highest BCUT2D eigenvalue weighted by Gasteiger charge is 2.55. The molecule has 1 unspecified atom stereocenters. The third-order valence-electron chi connectivity index (χ3n) is 6.66. The van der Waals surface area contributed by atoms with Gasteiger partial charge in [-0.3, -0.25) is 0 Å². The maximum Gasteiger partial charge on any atom is 0.423 e. The van der Waals surface area contributed by atoms with Crippen molar-refractivity contribution in [3.05, 3.63) is 95.8 Å². The summed E-state index contributed by atoms with van der Waals surface area (Å²) < 4.78 is 55.2. The van der Waals surface area contributed by atoms with Crippen LogP contribution in [-0.4, -0.2) is 49.8 Å². The van der Waals surface area contributed by atoms with Crippen molar-refractivity contribution in [1.82, 2.24) is 24.9 Å². The monoisotopic (exact) mass is 523 g/mol. The first-order chi connectivity index (χ1) is 18.1. The number of halogens is 4. The molecule has 0 spiro atoms. The van der Waals surface area contributed by atoms with Crippen molar-refractivity contribution in [2.45, 2.75) is 31.7 Å². The zero-order valence-electron chi connectivity index (χ0n) is 20.7. The van der Waals surface area contributed by atoms with E-state index >= 15 is 0 Å². The van der Waals surface area contributed by atoms with Crippen molar-refractivity contribution in [1.29, 1.82) is 0 Å². The molecule has 1 aliphatic heterocycles. The van der Waals surface area contributed by atoms with Gasteiger partial charge in [-0.2, -0.15) is 13.2 Å². The van der Waals surface area contributed by atoms with E-state index in [1.807, 2.05) is 54.6 Å². The summed E-state index contributed by atoms with van der Waals surface area (Å²) in [6, 6.07) is 13.8. The molecular formula is C28H25F4N5O. The maximum atomic E-state index is 13.6. The molecule has 196 valence electrons. The number of benzene rings is 2. The smallest absolute Gasteiger partial charge is 0.376 e. The number of hydrogen-bond acceptors (Lipinski definition) is 5. The summed E-state index contributed by atoms with van der Waals surface area (Å²) in [6.45, 7) is 2.16. The van der Waals surface area contributed by atoms with Gasteiger partial charge in [0.15, 0.2) is 0 Å². The third-order valence-corrected chi connectivity index (χ3v) is 6.66. The molecule has 1 aliphatic rings. The number of aliphatic hydroxyl groups is 1. The van der Waals surface area contributed by atoms with Crippen LogP contribution in [0.2, 0.25) is 0 Å². The van der Waals surface area contributed by atoms with Crippen LogP contribution in [0.5, 0.6) is 0 Å². The zero-order chi connectivity index (χ0) is 27.1. The van der Waals surface area contributed by atoms with Gasteiger partial charge in [0, 0.05) is 30.8 Å². The lowest BCUT2D eigenvalue weighted by atomic mass is 9.96. The van der Waals surface area contributed by atoms with Crippen molar-refractivity contribution >= 4 is 16.5 Å². The van der Waals surface area contributed by atoms with Crippen molar-refractivity contribution in [2.24, 2.45) is 0 Å². The molecule has 10 heteroatoms. The minimum absolute atomic E-state index is 0.129. The molecule has 5 rings (SSSR count). The van der Waals surface area contributed by atoms with Crippen molar-refractivity contribution < 1.29 is 22.7 Å². The molecule has 0 radical (unpaired) electrons. The van der Waals surface area contributed by atoms with Crippen LogP contribution < -0.4 is 0 Å². The van der Waals surface area contributed by atoms with Gasteiger partial charge in [-0.05, 0) is 47.4 Å². The Morgan fingerprint density at radius 2 is 1.82 bits per heavy atom. The first kappa shape index (κ1) is 25.6. The molecule has 0 aliphatic carbocycles. The minimum atomic E-state index is -4.88. The van der Waals surface area contributed by atoms with Crippen molar-refractivity contribution in [3.8, 4) is 11.1 Å².